The van der Waals surface area contributed by atoms with Crippen LogP contribution < -0.4 is 5.73 Å². The van der Waals surface area contributed by atoms with Gasteiger partial charge in [0.1, 0.15) is 5.75 Å². The fourth-order valence-electron chi connectivity index (χ4n) is 3.21. The minimum atomic E-state index is -0.00680. The van der Waals surface area contributed by atoms with Crippen molar-refractivity contribution in [2.45, 2.75) is 19.9 Å². The van der Waals surface area contributed by atoms with Crippen molar-refractivity contribution >= 4 is 32.3 Å². The Bertz CT molecular complexity index is 1050. The first-order valence-electron chi connectivity index (χ1n) is 7.90. The number of fused-ring (bicyclic) bond motifs is 3. The first-order chi connectivity index (χ1) is 11.6. The molecule has 4 rings (SSSR count). The van der Waals surface area contributed by atoms with Gasteiger partial charge in [-0.25, -0.2) is 0 Å². The van der Waals surface area contributed by atoms with Gasteiger partial charge in [-0.1, -0.05) is 24.3 Å². The average molecular weight is 334 g/mol. The third-order valence-electron chi connectivity index (χ3n) is 4.47. The predicted molar refractivity (Wildman–Crippen MR) is 102 cm³/mol. The van der Waals surface area contributed by atoms with Crippen molar-refractivity contribution in [1.29, 1.82) is 0 Å². The summed E-state index contributed by atoms with van der Waals surface area (Å²) in [7, 11) is 0. The van der Waals surface area contributed by atoms with Gasteiger partial charge in [0, 0.05) is 28.6 Å². The van der Waals surface area contributed by atoms with E-state index in [1.807, 2.05) is 44.3 Å². The largest absolute Gasteiger partial charge is 0.507 e. The minimum absolute atomic E-state index is 0.00680. The first kappa shape index (κ1) is 15.1. The normalized spacial score (nSPS) is 12.8. The summed E-state index contributed by atoms with van der Waals surface area (Å²) in [5.41, 5.74) is 10.7. The molecule has 0 aliphatic heterocycles. The molecule has 0 spiro atoms. The van der Waals surface area contributed by atoms with E-state index in [2.05, 4.69) is 16.4 Å². The maximum Gasteiger partial charge on any atom is 0.124 e. The van der Waals surface area contributed by atoms with E-state index < -0.39 is 0 Å². The van der Waals surface area contributed by atoms with Gasteiger partial charge in [0.25, 0.3) is 0 Å². The zero-order chi connectivity index (χ0) is 16.8. The molecule has 0 saturated heterocycles. The Labute approximate surface area is 144 Å². The number of rotatable bonds is 2. The average Bonchev–Trinajstić information content (AvgIpc) is 3.04. The van der Waals surface area contributed by atoms with Gasteiger partial charge in [-0.05, 0) is 48.1 Å². The third kappa shape index (κ3) is 2.27. The van der Waals surface area contributed by atoms with Crippen LogP contribution in [0, 0.1) is 6.92 Å². The highest BCUT2D eigenvalue weighted by atomic mass is 32.1. The molecule has 3 N–H and O–H groups in total. The number of aromatic hydroxyl groups is 1. The molecule has 24 heavy (non-hydrogen) atoms. The van der Waals surface area contributed by atoms with Gasteiger partial charge in [0.2, 0.25) is 0 Å². The smallest absolute Gasteiger partial charge is 0.124 e. The quantitative estimate of drug-likeness (QED) is 0.533. The highest BCUT2D eigenvalue weighted by Crippen LogP contribution is 2.42. The van der Waals surface area contributed by atoms with Gasteiger partial charge < -0.3 is 10.8 Å². The van der Waals surface area contributed by atoms with Gasteiger partial charge in [-0.2, -0.15) is 0 Å². The predicted octanol–water partition coefficient (Wildman–Crippen LogP) is 5.15. The van der Waals surface area contributed by atoms with Gasteiger partial charge >= 0.3 is 0 Å². The lowest BCUT2D eigenvalue weighted by Gasteiger charge is -2.13. The van der Waals surface area contributed by atoms with Crippen molar-refractivity contribution in [2.24, 2.45) is 5.73 Å². The Morgan fingerprint density at radius 1 is 1.17 bits per heavy atom. The van der Waals surface area contributed by atoms with Crippen LogP contribution in [0.2, 0.25) is 0 Å². The zero-order valence-electron chi connectivity index (χ0n) is 13.6. The molecule has 3 nitrogen and oxygen atoms in total. The molecule has 4 heteroatoms. The van der Waals surface area contributed by atoms with Crippen molar-refractivity contribution in [2.75, 3.05) is 0 Å². The SMILES string of the molecule is Cc1cc(O)c(-c2ccc([C@H](C)N)cc2)c2c1ncc1sccc12. The highest BCUT2D eigenvalue weighted by Gasteiger charge is 2.16. The third-order valence-corrected chi connectivity index (χ3v) is 5.32. The maximum atomic E-state index is 10.7. The minimum Gasteiger partial charge on any atom is -0.507 e. The van der Waals surface area contributed by atoms with Crippen molar-refractivity contribution < 1.29 is 5.11 Å². The second-order valence-electron chi connectivity index (χ2n) is 6.18. The lowest BCUT2D eigenvalue weighted by atomic mass is 9.94. The highest BCUT2D eigenvalue weighted by molar-refractivity contribution is 7.17. The number of phenols is 1. The Balaban J connectivity index is 2.08. The Morgan fingerprint density at radius 2 is 1.92 bits per heavy atom. The number of aryl methyl sites for hydroxylation is 1. The van der Waals surface area contributed by atoms with E-state index in [1.165, 1.54) is 0 Å². The maximum absolute atomic E-state index is 10.7. The molecule has 0 amide bonds. The number of benzene rings is 2. The number of thiophene rings is 1. The fraction of sp³-hybridized carbons (Fsp3) is 0.150. The van der Waals surface area contributed by atoms with Gasteiger partial charge in [0.05, 0.1) is 10.2 Å². The lowest BCUT2D eigenvalue weighted by molar-refractivity contribution is 0.477. The van der Waals surface area contributed by atoms with Crippen LogP contribution in [0.4, 0.5) is 0 Å². The molecular formula is C20H18N2OS. The monoisotopic (exact) mass is 334 g/mol. The van der Waals surface area contributed by atoms with Crippen molar-refractivity contribution in [3.05, 3.63) is 59.1 Å². The molecule has 0 bridgehead atoms. The Hall–Kier alpha value is -2.43. The molecular weight excluding hydrogens is 316 g/mol. The Morgan fingerprint density at radius 3 is 2.62 bits per heavy atom. The molecule has 0 aliphatic rings. The molecule has 2 aromatic carbocycles. The van der Waals surface area contributed by atoms with Gasteiger partial charge in [-0.3, -0.25) is 4.98 Å². The second kappa shape index (κ2) is 5.58. The van der Waals surface area contributed by atoms with E-state index >= 15 is 0 Å². The summed E-state index contributed by atoms with van der Waals surface area (Å²) in [5.74, 6) is 0.286. The number of phenolic OH excluding ortho intramolecular Hbond substituents is 1. The number of nitrogens with two attached hydrogens (primary N) is 1. The lowest BCUT2D eigenvalue weighted by Crippen LogP contribution is -2.04. The molecule has 120 valence electrons. The van der Waals surface area contributed by atoms with Crippen LogP contribution in [0.25, 0.3) is 32.1 Å². The summed E-state index contributed by atoms with van der Waals surface area (Å²) < 4.78 is 1.13. The van der Waals surface area contributed by atoms with E-state index in [0.29, 0.717) is 0 Å². The van der Waals surface area contributed by atoms with E-state index in [-0.39, 0.29) is 11.8 Å². The number of nitrogens with zero attached hydrogens (tertiary/aromatic N) is 1. The second-order valence-corrected chi connectivity index (χ2v) is 7.13. The van der Waals surface area contributed by atoms with E-state index in [9.17, 15) is 5.11 Å². The van der Waals surface area contributed by atoms with Crippen LogP contribution in [-0.2, 0) is 0 Å². The summed E-state index contributed by atoms with van der Waals surface area (Å²) in [5, 5.41) is 14.9. The Kier molecular flexibility index (Phi) is 3.52. The molecule has 0 fully saturated rings. The van der Waals surface area contributed by atoms with Crippen LogP contribution in [0.1, 0.15) is 24.1 Å². The van der Waals surface area contributed by atoms with E-state index in [1.54, 1.807) is 17.4 Å². The summed E-state index contributed by atoms with van der Waals surface area (Å²) in [6, 6.07) is 12.0. The standard InChI is InChI=1S/C20H18N2OS/c1-11-9-16(23)18(14-5-3-13(4-6-14)12(2)21)19-15-7-8-24-17(15)10-22-20(11)19/h3-10,12,23H,21H2,1-2H3/t12-/m0/s1. The van der Waals surface area contributed by atoms with Gasteiger partial charge in [0.15, 0.2) is 0 Å². The van der Waals surface area contributed by atoms with Crippen LogP contribution in [0.3, 0.4) is 0 Å². The molecule has 4 aromatic rings. The zero-order valence-corrected chi connectivity index (χ0v) is 14.4. The fourth-order valence-corrected chi connectivity index (χ4v) is 3.98. The topological polar surface area (TPSA) is 59.1 Å². The molecule has 2 heterocycles. The van der Waals surface area contributed by atoms with Crippen LogP contribution in [0.15, 0.2) is 48.0 Å². The van der Waals surface area contributed by atoms with E-state index in [0.717, 1.165) is 43.2 Å². The van der Waals surface area contributed by atoms with Crippen molar-refractivity contribution in [3.8, 4) is 16.9 Å². The summed E-state index contributed by atoms with van der Waals surface area (Å²) in [4.78, 5) is 4.63. The summed E-state index contributed by atoms with van der Waals surface area (Å²) in [6.45, 7) is 3.95. The first-order valence-corrected chi connectivity index (χ1v) is 8.78. The molecule has 0 aliphatic carbocycles. The van der Waals surface area contributed by atoms with Crippen molar-refractivity contribution in [1.82, 2.24) is 4.98 Å². The van der Waals surface area contributed by atoms with Crippen molar-refractivity contribution in [3.63, 3.8) is 0 Å². The molecule has 1 atom stereocenters. The summed E-state index contributed by atoms with van der Waals surface area (Å²) >= 11 is 1.66. The number of aromatic nitrogens is 1. The number of pyridine rings is 1. The van der Waals surface area contributed by atoms with Crippen LogP contribution in [0.5, 0.6) is 5.75 Å². The van der Waals surface area contributed by atoms with Crippen LogP contribution >= 0.6 is 11.3 Å². The molecule has 0 radical (unpaired) electrons. The van der Waals surface area contributed by atoms with Crippen LogP contribution in [-0.4, -0.2) is 10.1 Å². The van der Waals surface area contributed by atoms with E-state index in [4.69, 9.17) is 5.73 Å². The molecule has 0 saturated carbocycles. The summed E-state index contributed by atoms with van der Waals surface area (Å²) in [6.07, 6.45) is 1.91. The number of hydrogen-bond acceptors (Lipinski definition) is 4. The number of hydrogen-bond donors (Lipinski definition) is 2. The molecule has 0 unspecified atom stereocenters. The molecule has 2 aromatic heterocycles. The van der Waals surface area contributed by atoms with Gasteiger partial charge in [-0.15, -0.1) is 11.3 Å².